The number of nitrogen functional groups attached to an aromatic ring is 1. The van der Waals surface area contributed by atoms with E-state index in [1.54, 1.807) is 24.5 Å². The Labute approximate surface area is 113 Å². The van der Waals surface area contributed by atoms with Crippen molar-refractivity contribution in [1.29, 1.82) is 0 Å². The van der Waals surface area contributed by atoms with Gasteiger partial charge >= 0.3 is 0 Å². The van der Waals surface area contributed by atoms with Crippen LogP contribution in [0.25, 0.3) is 0 Å². The predicted molar refractivity (Wildman–Crippen MR) is 72.1 cm³/mol. The summed E-state index contributed by atoms with van der Waals surface area (Å²) >= 11 is 9.17. The minimum atomic E-state index is 0.430. The van der Waals surface area contributed by atoms with Crippen LogP contribution in [0.2, 0.25) is 5.02 Å². The molecule has 0 fully saturated rings. The summed E-state index contributed by atoms with van der Waals surface area (Å²) < 4.78 is 6.46. The van der Waals surface area contributed by atoms with Crippen LogP contribution in [-0.4, -0.2) is 4.98 Å². The van der Waals surface area contributed by atoms with E-state index in [1.165, 1.54) is 0 Å². The first-order valence-corrected chi connectivity index (χ1v) is 6.09. The van der Waals surface area contributed by atoms with Crippen LogP contribution in [0.3, 0.4) is 0 Å². The van der Waals surface area contributed by atoms with Gasteiger partial charge in [-0.1, -0.05) is 17.7 Å². The topological polar surface area (TPSA) is 48.1 Å². The third kappa shape index (κ3) is 3.35. The lowest BCUT2D eigenvalue weighted by molar-refractivity contribution is 0.305. The molecule has 2 aromatic rings. The third-order valence-electron chi connectivity index (χ3n) is 2.15. The van der Waals surface area contributed by atoms with Crippen LogP contribution in [0, 0.1) is 0 Å². The van der Waals surface area contributed by atoms with Crippen molar-refractivity contribution in [2.45, 2.75) is 6.61 Å². The molecule has 0 saturated carbocycles. The first-order valence-electron chi connectivity index (χ1n) is 4.92. The second kappa shape index (κ2) is 5.38. The van der Waals surface area contributed by atoms with Crippen LogP contribution in [0.4, 0.5) is 5.69 Å². The van der Waals surface area contributed by atoms with Gasteiger partial charge in [0.15, 0.2) is 0 Å². The summed E-state index contributed by atoms with van der Waals surface area (Å²) in [5, 5.41) is 0.554. The number of nitrogens with zero attached hydrogens (tertiary/aromatic N) is 1. The fourth-order valence-electron chi connectivity index (χ4n) is 1.32. The van der Waals surface area contributed by atoms with E-state index in [2.05, 4.69) is 20.9 Å². The number of nitrogens with two attached hydrogens (primary N) is 1. The number of benzene rings is 1. The molecule has 2 N–H and O–H groups in total. The minimum absolute atomic E-state index is 0.430. The maximum absolute atomic E-state index is 5.84. The Kier molecular flexibility index (Phi) is 3.86. The average molecular weight is 314 g/mol. The highest BCUT2D eigenvalue weighted by molar-refractivity contribution is 9.10. The zero-order valence-corrected chi connectivity index (χ0v) is 11.2. The van der Waals surface area contributed by atoms with E-state index < -0.39 is 0 Å². The van der Waals surface area contributed by atoms with Gasteiger partial charge in [-0.25, -0.2) is 0 Å². The highest BCUT2D eigenvalue weighted by Crippen LogP contribution is 2.21. The molecule has 0 aliphatic carbocycles. The SMILES string of the molecule is Nc1cc(COc2cncc(Br)c2)ccc1Cl. The molecular weight excluding hydrogens is 304 g/mol. The van der Waals surface area contributed by atoms with E-state index in [1.807, 2.05) is 12.1 Å². The van der Waals surface area contributed by atoms with E-state index in [4.69, 9.17) is 22.1 Å². The van der Waals surface area contributed by atoms with Crippen LogP contribution >= 0.6 is 27.5 Å². The first-order chi connectivity index (χ1) is 8.15. The molecule has 88 valence electrons. The lowest BCUT2D eigenvalue weighted by Gasteiger charge is -2.07. The van der Waals surface area contributed by atoms with Crippen molar-refractivity contribution in [3.8, 4) is 5.75 Å². The van der Waals surface area contributed by atoms with E-state index in [9.17, 15) is 0 Å². The number of rotatable bonds is 3. The number of anilines is 1. The Bertz CT molecular complexity index is 534. The molecule has 1 aromatic carbocycles. The van der Waals surface area contributed by atoms with Crippen molar-refractivity contribution >= 4 is 33.2 Å². The molecule has 0 radical (unpaired) electrons. The fourth-order valence-corrected chi connectivity index (χ4v) is 1.78. The molecule has 5 heteroatoms. The van der Waals surface area contributed by atoms with E-state index >= 15 is 0 Å². The Balaban J connectivity index is 2.05. The zero-order chi connectivity index (χ0) is 12.3. The molecule has 2 rings (SSSR count). The quantitative estimate of drug-likeness (QED) is 0.880. The van der Waals surface area contributed by atoms with Crippen LogP contribution in [0.1, 0.15) is 5.56 Å². The number of halogens is 2. The van der Waals surface area contributed by atoms with Gasteiger partial charge in [0, 0.05) is 10.7 Å². The molecule has 17 heavy (non-hydrogen) atoms. The molecule has 0 aliphatic rings. The smallest absolute Gasteiger partial charge is 0.139 e. The maximum Gasteiger partial charge on any atom is 0.139 e. The van der Waals surface area contributed by atoms with Gasteiger partial charge in [0.2, 0.25) is 0 Å². The summed E-state index contributed by atoms with van der Waals surface area (Å²) in [6.45, 7) is 0.430. The normalized spacial score (nSPS) is 10.2. The molecule has 0 unspecified atom stereocenters. The molecule has 0 spiro atoms. The Morgan fingerprint density at radius 1 is 1.29 bits per heavy atom. The van der Waals surface area contributed by atoms with Crippen LogP contribution in [-0.2, 0) is 6.61 Å². The Morgan fingerprint density at radius 2 is 2.12 bits per heavy atom. The highest BCUT2D eigenvalue weighted by Gasteiger charge is 2.00. The number of hydrogen-bond donors (Lipinski definition) is 1. The molecule has 0 atom stereocenters. The van der Waals surface area contributed by atoms with Crippen molar-refractivity contribution < 1.29 is 4.74 Å². The number of pyridine rings is 1. The van der Waals surface area contributed by atoms with Gasteiger partial charge in [-0.2, -0.15) is 0 Å². The van der Waals surface area contributed by atoms with Crippen molar-refractivity contribution in [1.82, 2.24) is 4.98 Å². The summed E-state index contributed by atoms with van der Waals surface area (Å²) in [5.41, 5.74) is 7.23. The van der Waals surface area contributed by atoms with E-state index in [-0.39, 0.29) is 0 Å². The molecule has 0 saturated heterocycles. The number of ether oxygens (including phenoxy) is 1. The Hall–Kier alpha value is -1.26. The predicted octanol–water partition coefficient (Wildman–Crippen LogP) is 3.66. The lowest BCUT2D eigenvalue weighted by atomic mass is 10.2. The maximum atomic E-state index is 5.84. The van der Waals surface area contributed by atoms with Gasteiger partial charge in [-0.3, -0.25) is 4.98 Å². The van der Waals surface area contributed by atoms with Gasteiger partial charge in [0.25, 0.3) is 0 Å². The summed E-state index contributed by atoms with van der Waals surface area (Å²) in [7, 11) is 0. The first kappa shape index (κ1) is 12.2. The summed E-state index contributed by atoms with van der Waals surface area (Å²) in [4.78, 5) is 4.01. The van der Waals surface area contributed by atoms with Crippen molar-refractivity contribution in [2.75, 3.05) is 5.73 Å². The average Bonchev–Trinajstić information content (AvgIpc) is 2.31. The molecule has 1 heterocycles. The summed E-state index contributed by atoms with van der Waals surface area (Å²) in [6, 6.07) is 7.29. The third-order valence-corrected chi connectivity index (χ3v) is 2.92. The Morgan fingerprint density at radius 3 is 2.82 bits per heavy atom. The van der Waals surface area contributed by atoms with Crippen molar-refractivity contribution in [3.05, 3.63) is 51.7 Å². The summed E-state index contributed by atoms with van der Waals surface area (Å²) in [5.74, 6) is 0.702. The molecule has 0 amide bonds. The number of hydrogen-bond acceptors (Lipinski definition) is 3. The van der Waals surface area contributed by atoms with E-state index in [0.29, 0.717) is 23.1 Å². The second-order valence-electron chi connectivity index (χ2n) is 3.48. The number of aromatic nitrogens is 1. The van der Waals surface area contributed by atoms with E-state index in [0.717, 1.165) is 10.0 Å². The summed E-state index contributed by atoms with van der Waals surface area (Å²) in [6.07, 6.45) is 3.36. The van der Waals surface area contributed by atoms with Gasteiger partial charge < -0.3 is 10.5 Å². The monoisotopic (exact) mass is 312 g/mol. The van der Waals surface area contributed by atoms with Gasteiger partial charge in [0.1, 0.15) is 12.4 Å². The molecule has 0 aliphatic heterocycles. The molecule has 3 nitrogen and oxygen atoms in total. The van der Waals surface area contributed by atoms with Gasteiger partial charge in [-0.15, -0.1) is 0 Å². The van der Waals surface area contributed by atoms with Crippen molar-refractivity contribution in [2.24, 2.45) is 0 Å². The van der Waals surface area contributed by atoms with Crippen molar-refractivity contribution in [3.63, 3.8) is 0 Å². The highest BCUT2D eigenvalue weighted by atomic mass is 79.9. The van der Waals surface area contributed by atoms with Crippen LogP contribution in [0.15, 0.2) is 41.1 Å². The molecule has 1 aromatic heterocycles. The van der Waals surface area contributed by atoms with Crippen LogP contribution in [0.5, 0.6) is 5.75 Å². The molecule has 0 bridgehead atoms. The molecular formula is C12H10BrClN2O. The zero-order valence-electron chi connectivity index (χ0n) is 8.86. The largest absolute Gasteiger partial charge is 0.487 e. The van der Waals surface area contributed by atoms with Gasteiger partial charge in [0.05, 0.1) is 16.9 Å². The lowest BCUT2D eigenvalue weighted by Crippen LogP contribution is -1.97. The van der Waals surface area contributed by atoms with Crippen LogP contribution < -0.4 is 10.5 Å². The standard InChI is InChI=1S/C12H10BrClN2O/c13-9-4-10(6-16-5-9)17-7-8-1-2-11(14)12(15)3-8/h1-6H,7,15H2. The van der Waals surface area contributed by atoms with Gasteiger partial charge in [-0.05, 0) is 39.7 Å². The second-order valence-corrected chi connectivity index (χ2v) is 4.81. The fraction of sp³-hybridized carbons (Fsp3) is 0.0833. The minimum Gasteiger partial charge on any atom is -0.487 e.